The van der Waals surface area contributed by atoms with Gasteiger partial charge in [-0.3, -0.25) is 28.8 Å². The molecule has 6 atom stereocenters. The van der Waals surface area contributed by atoms with E-state index in [0.29, 0.717) is 31.4 Å². The Kier molecular flexibility index (Phi) is 15.9. The van der Waals surface area contributed by atoms with E-state index in [9.17, 15) is 38.7 Å². The average molecular weight is 737 g/mol. The standard InChI is InChI=1S/C38H52N6O9/c1-22(2)18-26(39)37(51)44-17-11-16-30(44)35(49)41-27(19-24-12-7-5-8-13-24)33(47)40-28(20-25-14-9-6-10-15-25)34(48)43-32(23(3)4)36(50)42-29(38(52)53)21-31(45)46/h5-10,12-15,22-23,26-30,32H,11,16-21,39H2,1-4H3,(H,40,47)(H,41,49)(H,42,50)(H,43,48)(H,45,46)(H,52,53)/t26-,27-,28-,29-,30-,32-/m0/s1. The smallest absolute Gasteiger partial charge is 0.326 e. The predicted molar refractivity (Wildman–Crippen MR) is 195 cm³/mol. The number of hydrogen-bond acceptors (Lipinski definition) is 8. The molecular weight excluding hydrogens is 684 g/mol. The molecule has 8 N–H and O–H groups in total. The van der Waals surface area contributed by atoms with E-state index in [2.05, 4.69) is 21.3 Å². The van der Waals surface area contributed by atoms with Crippen LogP contribution in [0, 0.1) is 11.8 Å². The fourth-order valence-corrected chi connectivity index (χ4v) is 6.21. The number of likely N-dealkylation sites (tertiary alicyclic amines) is 1. The summed E-state index contributed by atoms with van der Waals surface area (Å²) in [5.41, 5.74) is 7.58. The monoisotopic (exact) mass is 736 g/mol. The average Bonchev–Trinajstić information content (AvgIpc) is 3.59. The van der Waals surface area contributed by atoms with Crippen molar-refractivity contribution in [3.63, 3.8) is 0 Å². The number of carboxylic acids is 2. The molecular formula is C38H52N6O9. The van der Waals surface area contributed by atoms with Crippen molar-refractivity contribution in [1.82, 2.24) is 26.2 Å². The Bertz CT molecular complexity index is 1590. The van der Waals surface area contributed by atoms with Crippen LogP contribution in [0.1, 0.15) is 64.5 Å². The van der Waals surface area contributed by atoms with Gasteiger partial charge in [-0.15, -0.1) is 0 Å². The van der Waals surface area contributed by atoms with Crippen molar-refractivity contribution < 1.29 is 43.8 Å². The number of amides is 5. The van der Waals surface area contributed by atoms with Gasteiger partial charge in [-0.05, 0) is 42.2 Å². The van der Waals surface area contributed by atoms with Crippen LogP contribution >= 0.6 is 0 Å². The maximum absolute atomic E-state index is 14.1. The Morgan fingerprint density at radius 1 is 0.736 bits per heavy atom. The molecule has 1 aliphatic rings. The number of carboxylic acid groups (broad SMARTS) is 2. The Hall–Kier alpha value is -5.31. The highest BCUT2D eigenvalue weighted by Crippen LogP contribution is 2.20. The lowest BCUT2D eigenvalue weighted by Crippen LogP contribution is -2.60. The molecule has 3 rings (SSSR count). The lowest BCUT2D eigenvalue weighted by molar-refractivity contribution is -0.147. The van der Waals surface area contributed by atoms with Gasteiger partial charge in [0.25, 0.3) is 0 Å². The first kappa shape index (κ1) is 42.1. The fourth-order valence-electron chi connectivity index (χ4n) is 6.21. The zero-order chi connectivity index (χ0) is 39.2. The van der Waals surface area contributed by atoms with Gasteiger partial charge < -0.3 is 42.1 Å². The van der Waals surface area contributed by atoms with Crippen LogP contribution in [0.4, 0.5) is 0 Å². The third-order valence-corrected chi connectivity index (χ3v) is 8.95. The molecule has 53 heavy (non-hydrogen) atoms. The molecule has 0 radical (unpaired) electrons. The summed E-state index contributed by atoms with van der Waals surface area (Å²) in [6.07, 6.45) is 0.600. The second kappa shape index (κ2) is 20.1. The minimum Gasteiger partial charge on any atom is -0.481 e. The zero-order valence-electron chi connectivity index (χ0n) is 30.6. The molecule has 0 bridgehead atoms. The van der Waals surface area contributed by atoms with E-state index >= 15 is 0 Å². The highest BCUT2D eigenvalue weighted by atomic mass is 16.4. The summed E-state index contributed by atoms with van der Waals surface area (Å²) < 4.78 is 0. The van der Waals surface area contributed by atoms with Crippen molar-refractivity contribution in [2.75, 3.05) is 6.54 Å². The molecule has 1 heterocycles. The Labute approximate surface area is 309 Å². The molecule has 1 fully saturated rings. The van der Waals surface area contributed by atoms with E-state index in [1.807, 2.05) is 13.8 Å². The van der Waals surface area contributed by atoms with Crippen LogP contribution in [0.15, 0.2) is 60.7 Å². The Morgan fingerprint density at radius 3 is 1.74 bits per heavy atom. The van der Waals surface area contributed by atoms with E-state index in [1.165, 1.54) is 4.90 Å². The van der Waals surface area contributed by atoms with Crippen LogP contribution in [-0.2, 0) is 46.4 Å². The lowest BCUT2D eigenvalue weighted by atomic mass is 9.99. The van der Waals surface area contributed by atoms with Crippen molar-refractivity contribution in [3.05, 3.63) is 71.8 Å². The van der Waals surface area contributed by atoms with Crippen molar-refractivity contribution in [3.8, 4) is 0 Å². The quantitative estimate of drug-likeness (QED) is 0.108. The molecule has 2 aromatic rings. The normalized spacial score (nSPS) is 16.9. The van der Waals surface area contributed by atoms with Crippen LogP contribution in [0.2, 0.25) is 0 Å². The first-order valence-corrected chi connectivity index (χ1v) is 17.9. The second-order valence-electron chi connectivity index (χ2n) is 14.2. The Morgan fingerprint density at radius 2 is 1.25 bits per heavy atom. The maximum Gasteiger partial charge on any atom is 0.326 e. The van der Waals surface area contributed by atoms with Gasteiger partial charge in [-0.1, -0.05) is 88.4 Å². The topological polar surface area (TPSA) is 237 Å². The molecule has 5 amide bonds. The van der Waals surface area contributed by atoms with Gasteiger partial charge in [0, 0.05) is 19.4 Å². The van der Waals surface area contributed by atoms with Gasteiger partial charge in [0.1, 0.15) is 30.2 Å². The highest BCUT2D eigenvalue weighted by molar-refractivity contribution is 5.97. The minimum absolute atomic E-state index is 0.00768. The van der Waals surface area contributed by atoms with E-state index in [4.69, 9.17) is 10.8 Å². The molecule has 1 saturated heterocycles. The number of nitrogens with one attached hydrogen (secondary N) is 4. The fraction of sp³-hybridized carbons (Fsp3) is 0.500. The maximum atomic E-state index is 14.1. The van der Waals surface area contributed by atoms with Crippen LogP contribution in [0.3, 0.4) is 0 Å². The lowest BCUT2D eigenvalue weighted by Gasteiger charge is -2.30. The number of nitrogens with two attached hydrogens (primary N) is 1. The van der Waals surface area contributed by atoms with Crippen molar-refractivity contribution in [2.24, 2.45) is 17.6 Å². The molecule has 2 aromatic carbocycles. The van der Waals surface area contributed by atoms with Crippen LogP contribution in [0.25, 0.3) is 0 Å². The molecule has 0 spiro atoms. The van der Waals surface area contributed by atoms with Crippen LogP contribution in [0.5, 0.6) is 0 Å². The van der Waals surface area contributed by atoms with Gasteiger partial charge in [0.15, 0.2) is 0 Å². The third-order valence-electron chi connectivity index (χ3n) is 8.95. The van der Waals surface area contributed by atoms with Crippen molar-refractivity contribution in [1.29, 1.82) is 0 Å². The number of carbonyl (C=O) groups is 7. The van der Waals surface area contributed by atoms with Crippen LogP contribution < -0.4 is 27.0 Å². The van der Waals surface area contributed by atoms with Gasteiger partial charge in [0.05, 0.1) is 12.5 Å². The molecule has 0 saturated carbocycles. The first-order valence-electron chi connectivity index (χ1n) is 17.9. The van der Waals surface area contributed by atoms with Crippen molar-refractivity contribution in [2.45, 2.75) is 102 Å². The summed E-state index contributed by atoms with van der Waals surface area (Å²) in [6.45, 7) is 7.48. The molecule has 0 unspecified atom stereocenters. The van der Waals surface area contributed by atoms with E-state index < -0.39 is 84.2 Å². The van der Waals surface area contributed by atoms with Gasteiger partial charge in [0.2, 0.25) is 29.5 Å². The number of rotatable bonds is 19. The van der Waals surface area contributed by atoms with Gasteiger partial charge in [-0.25, -0.2) is 4.79 Å². The number of nitrogens with zero attached hydrogens (tertiary/aromatic N) is 1. The molecule has 15 nitrogen and oxygen atoms in total. The summed E-state index contributed by atoms with van der Waals surface area (Å²) in [5, 5.41) is 28.9. The summed E-state index contributed by atoms with van der Waals surface area (Å²) >= 11 is 0. The van der Waals surface area contributed by atoms with E-state index in [1.54, 1.807) is 74.5 Å². The predicted octanol–water partition coefficient (Wildman–Crippen LogP) is 0.991. The SMILES string of the molecule is CC(C)C[C@H](N)C(=O)N1CCC[C@H]1C(=O)N[C@@H](Cc1ccccc1)C(=O)N[C@@H](Cc1ccccc1)C(=O)N[C@H](C(=O)N[C@@H](CC(=O)O)C(=O)O)C(C)C. The first-order chi connectivity index (χ1) is 25.1. The molecule has 0 aromatic heterocycles. The van der Waals surface area contributed by atoms with E-state index in [0.717, 1.165) is 5.56 Å². The summed E-state index contributed by atoms with van der Waals surface area (Å²) in [7, 11) is 0. The van der Waals surface area contributed by atoms with Gasteiger partial charge in [-0.2, -0.15) is 0 Å². The summed E-state index contributed by atoms with van der Waals surface area (Å²) in [6, 6.07) is 10.7. The number of carbonyl (C=O) groups excluding carboxylic acids is 5. The molecule has 0 aliphatic carbocycles. The zero-order valence-corrected chi connectivity index (χ0v) is 30.6. The van der Waals surface area contributed by atoms with Crippen LogP contribution in [-0.4, -0.2) is 99.4 Å². The van der Waals surface area contributed by atoms with Gasteiger partial charge >= 0.3 is 11.9 Å². The van der Waals surface area contributed by atoms with Crippen molar-refractivity contribution >= 4 is 41.5 Å². The molecule has 15 heteroatoms. The summed E-state index contributed by atoms with van der Waals surface area (Å²) in [5.74, 6) is -6.62. The Balaban J connectivity index is 1.88. The number of aliphatic carboxylic acids is 2. The number of hydrogen-bond donors (Lipinski definition) is 7. The largest absolute Gasteiger partial charge is 0.481 e. The minimum atomic E-state index is -1.74. The number of benzene rings is 2. The molecule has 1 aliphatic heterocycles. The second-order valence-corrected chi connectivity index (χ2v) is 14.2. The molecule has 288 valence electrons. The highest BCUT2D eigenvalue weighted by Gasteiger charge is 2.39. The van der Waals surface area contributed by atoms with E-state index in [-0.39, 0.29) is 24.7 Å². The third kappa shape index (κ3) is 13.0. The summed E-state index contributed by atoms with van der Waals surface area (Å²) in [4.78, 5) is 92.5.